The molecule has 16 heavy (non-hydrogen) atoms. The Bertz CT molecular complexity index is 393. The van der Waals surface area contributed by atoms with Gasteiger partial charge in [-0.2, -0.15) is 5.26 Å². The molecule has 5 heteroatoms. The third kappa shape index (κ3) is 6.18. The number of para-hydroxylation sites is 1. The molecule has 84 valence electrons. The van der Waals surface area contributed by atoms with Crippen molar-refractivity contribution in [3.05, 3.63) is 42.0 Å². The maximum atomic E-state index is 9.92. The minimum absolute atomic E-state index is 0.421. The van der Waals surface area contributed by atoms with Crippen LogP contribution >= 0.6 is 0 Å². The molecule has 0 saturated heterocycles. The summed E-state index contributed by atoms with van der Waals surface area (Å²) in [6.45, 7) is -0.421. The van der Waals surface area contributed by atoms with E-state index >= 15 is 0 Å². The van der Waals surface area contributed by atoms with E-state index in [2.05, 4.69) is 0 Å². The van der Waals surface area contributed by atoms with Crippen LogP contribution in [0.3, 0.4) is 0 Å². The number of benzene rings is 1. The number of aliphatic hydroxyl groups is 1. The molecule has 0 aliphatic heterocycles. The lowest BCUT2D eigenvalue weighted by atomic mass is 10.3. The van der Waals surface area contributed by atoms with E-state index in [9.17, 15) is 4.79 Å². The lowest BCUT2D eigenvalue weighted by molar-refractivity contribution is -0.132. The van der Waals surface area contributed by atoms with Crippen LogP contribution < -0.4 is 5.73 Å². The van der Waals surface area contributed by atoms with Crippen molar-refractivity contribution in [3.63, 3.8) is 0 Å². The van der Waals surface area contributed by atoms with Crippen molar-refractivity contribution < 1.29 is 15.0 Å². The highest BCUT2D eigenvalue weighted by Crippen LogP contribution is 1.95. The molecule has 0 aliphatic carbocycles. The Labute approximate surface area is 93.1 Å². The number of carboxylic acids is 1. The molecule has 0 aliphatic rings. The molecule has 0 unspecified atom stereocenters. The number of hydrogen-bond donors (Lipinski definition) is 3. The number of nitriles is 1. The topological polar surface area (TPSA) is 107 Å². The summed E-state index contributed by atoms with van der Waals surface area (Å²) in [5.74, 6) is -1.31. The quantitative estimate of drug-likeness (QED) is 0.388. The van der Waals surface area contributed by atoms with Gasteiger partial charge >= 0.3 is 5.97 Å². The van der Waals surface area contributed by atoms with Gasteiger partial charge in [-0.3, -0.25) is 0 Å². The van der Waals surface area contributed by atoms with E-state index < -0.39 is 18.1 Å². The number of carboxylic acid groups (broad SMARTS) is 1. The molecule has 1 rings (SSSR count). The van der Waals surface area contributed by atoms with Gasteiger partial charge in [0.25, 0.3) is 0 Å². The number of rotatable bonds is 2. The lowest BCUT2D eigenvalue weighted by Crippen LogP contribution is -1.98. The molecule has 5 nitrogen and oxygen atoms in total. The first-order chi connectivity index (χ1) is 7.61. The minimum Gasteiger partial charge on any atom is -0.477 e. The highest BCUT2D eigenvalue weighted by atomic mass is 16.4. The second-order valence-corrected chi connectivity index (χ2v) is 2.63. The predicted octanol–water partition coefficient (Wildman–Crippen LogP) is 0.782. The summed E-state index contributed by atoms with van der Waals surface area (Å²) in [5, 5.41) is 24.2. The fraction of sp³-hybridized carbons (Fsp3) is 0.0909. The molecule has 0 saturated carbocycles. The number of aliphatic hydroxyl groups excluding tert-OH is 1. The zero-order valence-corrected chi connectivity index (χ0v) is 8.50. The van der Waals surface area contributed by atoms with Crippen LogP contribution in [-0.4, -0.2) is 22.8 Å². The largest absolute Gasteiger partial charge is 0.477 e. The van der Waals surface area contributed by atoms with Gasteiger partial charge < -0.3 is 15.9 Å². The van der Waals surface area contributed by atoms with Gasteiger partial charge in [-0.15, -0.1) is 0 Å². The standard InChI is InChI=1S/C6H7N.C5H5NO3/c7-6-4-2-1-3-5-6;6-3-4(1-2-7)5(8)9/h1-5H,7H2;1,7H,2H2,(H,8,9). The summed E-state index contributed by atoms with van der Waals surface area (Å²) in [6, 6.07) is 10.9. The summed E-state index contributed by atoms with van der Waals surface area (Å²) in [4.78, 5) is 9.92. The zero-order chi connectivity index (χ0) is 12.4. The molecule has 0 bridgehead atoms. The van der Waals surface area contributed by atoms with Crippen LogP contribution in [0.5, 0.6) is 0 Å². The predicted molar refractivity (Wildman–Crippen MR) is 59.3 cm³/mol. The molecule has 0 atom stereocenters. The van der Waals surface area contributed by atoms with Gasteiger partial charge in [-0.05, 0) is 18.2 Å². The highest BCUT2D eigenvalue weighted by Gasteiger charge is 2.02. The van der Waals surface area contributed by atoms with Crippen molar-refractivity contribution >= 4 is 11.7 Å². The zero-order valence-electron chi connectivity index (χ0n) is 8.50. The van der Waals surface area contributed by atoms with Gasteiger partial charge in [0.15, 0.2) is 0 Å². The molecule has 1 aromatic carbocycles. The van der Waals surface area contributed by atoms with Crippen molar-refractivity contribution in [2.75, 3.05) is 12.3 Å². The van der Waals surface area contributed by atoms with Crippen molar-refractivity contribution in [1.29, 1.82) is 5.26 Å². The van der Waals surface area contributed by atoms with Crippen molar-refractivity contribution in [2.45, 2.75) is 0 Å². The Morgan fingerprint density at radius 2 is 2.00 bits per heavy atom. The van der Waals surface area contributed by atoms with Crippen LogP contribution in [0.25, 0.3) is 0 Å². The third-order valence-corrected chi connectivity index (χ3v) is 1.45. The number of aliphatic carboxylic acids is 1. The molecule has 4 N–H and O–H groups in total. The second kappa shape index (κ2) is 8.03. The van der Waals surface area contributed by atoms with Crippen molar-refractivity contribution in [2.24, 2.45) is 0 Å². The number of nitrogens with two attached hydrogens (primary N) is 1. The fourth-order valence-corrected chi connectivity index (χ4v) is 0.725. The Morgan fingerprint density at radius 3 is 2.19 bits per heavy atom. The first-order valence-corrected chi connectivity index (χ1v) is 4.36. The SMILES string of the molecule is N#CC(=CCO)C(=O)O.Nc1ccccc1. The molecule has 0 radical (unpaired) electrons. The smallest absolute Gasteiger partial charge is 0.346 e. The van der Waals surface area contributed by atoms with Gasteiger partial charge in [-0.1, -0.05) is 18.2 Å². The molecular formula is C11H12N2O3. The summed E-state index contributed by atoms with van der Waals surface area (Å²) in [5.41, 5.74) is 5.75. The Hall–Kier alpha value is -2.32. The number of anilines is 1. The number of nitrogens with zero attached hydrogens (tertiary/aromatic N) is 1. The monoisotopic (exact) mass is 220 g/mol. The Kier molecular flexibility index (Phi) is 6.86. The first kappa shape index (κ1) is 13.7. The summed E-state index contributed by atoms with van der Waals surface area (Å²) in [6.07, 6.45) is 0.933. The Balaban J connectivity index is 0.000000288. The van der Waals surface area contributed by atoms with Gasteiger partial charge in [-0.25, -0.2) is 4.79 Å². The van der Waals surface area contributed by atoms with Crippen LogP contribution in [-0.2, 0) is 4.79 Å². The van der Waals surface area contributed by atoms with Crippen LogP contribution in [0.4, 0.5) is 5.69 Å². The van der Waals surface area contributed by atoms with Crippen LogP contribution in [0, 0.1) is 11.3 Å². The van der Waals surface area contributed by atoms with Crippen LogP contribution in [0.15, 0.2) is 42.0 Å². The highest BCUT2D eigenvalue weighted by molar-refractivity contribution is 5.90. The second-order valence-electron chi connectivity index (χ2n) is 2.63. The van der Waals surface area contributed by atoms with E-state index in [0.717, 1.165) is 11.8 Å². The van der Waals surface area contributed by atoms with Gasteiger partial charge in [0.1, 0.15) is 11.6 Å². The summed E-state index contributed by atoms with van der Waals surface area (Å²) >= 11 is 0. The number of hydrogen-bond acceptors (Lipinski definition) is 4. The van der Waals surface area contributed by atoms with Crippen molar-refractivity contribution in [1.82, 2.24) is 0 Å². The van der Waals surface area contributed by atoms with E-state index in [1.807, 2.05) is 30.3 Å². The van der Waals surface area contributed by atoms with E-state index in [4.69, 9.17) is 21.2 Å². The number of carbonyl (C=O) groups is 1. The van der Waals surface area contributed by atoms with Gasteiger partial charge in [0.2, 0.25) is 0 Å². The van der Waals surface area contributed by atoms with Crippen LogP contribution in [0.1, 0.15) is 0 Å². The summed E-state index contributed by atoms with van der Waals surface area (Å²) in [7, 11) is 0. The minimum atomic E-state index is -1.31. The van der Waals surface area contributed by atoms with Crippen molar-refractivity contribution in [3.8, 4) is 6.07 Å². The average molecular weight is 220 g/mol. The maximum absolute atomic E-state index is 9.92. The molecular weight excluding hydrogens is 208 g/mol. The normalized spacial score (nSPS) is 9.62. The first-order valence-electron chi connectivity index (χ1n) is 4.36. The molecule has 0 fully saturated rings. The molecule has 0 heterocycles. The van der Waals surface area contributed by atoms with E-state index in [1.165, 1.54) is 6.07 Å². The fourth-order valence-electron chi connectivity index (χ4n) is 0.725. The van der Waals surface area contributed by atoms with Gasteiger partial charge in [0, 0.05) is 5.69 Å². The van der Waals surface area contributed by atoms with Gasteiger partial charge in [0.05, 0.1) is 6.61 Å². The average Bonchev–Trinajstić information content (AvgIpc) is 2.27. The Morgan fingerprint density at radius 1 is 1.44 bits per heavy atom. The molecule has 0 amide bonds. The third-order valence-electron chi connectivity index (χ3n) is 1.45. The van der Waals surface area contributed by atoms with E-state index in [-0.39, 0.29) is 0 Å². The molecule has 1 aromatic rings. The number of nitrogen functional groups attached to an aromatic ring is 1. The van der Waals surface area contributed by atoms with Crippen LogP contribution in [0.2, 0.25) is 0 Å². The van der Waals surface area contributed by atoms with E-state index in [1.54, 1.807) is 0 Å². The van der Waals surface area contributed by atoms with E-state index in [0.29, 0.717) is 0 Å². The summed E-state index contributed by atoms with van der Waals surface area (Å²) < 4.78 is 0. The maximum Gasteiger partial charge on any atom is 0.346 e. The molecule has 0 spiro atoms. The lowest BCUT2D eigenvalue weighted by Gasteiger charge is -1.84. The molecule has 0 aromatic heterocycles.